The molecule has 2 aromatic rings. The van der Waals surface area contributed by atoms with Crippen LogP contribution in [0.2, 0.25) is 5.02 Å². The summed E-state index contributed by atoms with van der Waals surface area (Å²) in [6, 6.07) is 12.4. The molecule has 144 valence electrons. The lowest BCUT2D eigenvalue weighted by atomic mass is 9.93. The molecule has 0 spiro atoms. The fraction of sp³-hybridized carbons (Fsp3) is 0.300. The number of allylic oxidation sites excluding steroid dienone is 1. The van der Waals surface area contributed by atoms with E-state index in [-0.39, 0.29) is 24.4 Å². The minimum absolute atomic E-state index is 0.0963. The van der Waals surface area contributed by atoms with E-state index in [1.165, 1.54) is 0 Å². The van der Waals surface area contributed by atoms with Crippen LogP contribution in [0.3, 0.4) is 0 Å². The average Bonchev–Trinajstić information content (AvgIpc) is 2.62. The van der Waals surface area contributed by atoms with Crippen molar-refractivity contribution < 1.29 is 14.3 Å². The molecule has 0 amide bonds. The van der Waals surface area contributed by atoms with Crippen molar-refractivity contribution >= 4 is 49.4 Å². The van der Waals surface area contributed by atoms with Crippen molar-refractivity contribution in [2.45, 2.75) is 26.9 Å². The Hall–Kier alpha value is -1.37. The van der Waals surface area contributed by atoms with Crippen LogP contribution in [0.25, 0.3) is 0 Å². The third-order valence-corrected chi connectivity index (χ3v) is 4.71. The van der Waals surface area contributed by atoms with Crippen molar-refractivity contribution in [3.05, 3.63) is 62.6 Å². The first-order valence-corrected chi connectivity index (χ1v) is 10.4. The molecular weight excluding hydrogens is 497 g/mol. The molecule has 0 fully saturated rings. The van der Waals surface area contributed by atoms with Crippen molar-refractivity contribution in [2.75, 3.05) is 0 Å². The summed E-state index contributed by atoms with van der Waals surface area (Å²) in [7, 11) is 0. The average molecular weight is 518 g/mol. The zero-order valence-electron chi connectivity index (χ0n) is 15.0. The normalized spacial score (nSPS) is 11.8. The van der Waals surface area contributed by atoms with Gasteiger partial charge in [-0.2, -0.15) is 0 Å². The highest BCUT2D eigenvalue weighted by Crippen LogP contribution is 2.24. The summed E-state index contributed by atoms with van der Waals surface area (Å²) in [6.07, 6.45) is 2.50. The fourth-order valence-electron chi connectivity index (χ4n) is 2.33. The van der Waals surface area contributed by atoms with Gasteiger partial charge in [-0.3, -0.25) is 4.79 Å². The third-order valence-electron chi connectivity index (χ3n) is 3.81. The Kier molecular flexibility index (Phi) is 8.80. The van der Waals surface area contributed by atoms with Crippen LogP contribution in [0.1, 0.15) is 26.0 Å². The standard InChI is InChI=1S/C20H20Br2ClNO3/c1-13(2)17(10-11-18(21)22)20(25)26-12-15-4-3-5-19(24-15)27-16-8-6-14(23)7-9-16/h3-9,11,13,17H,10,12H2,1-2H3. The van der Waals surface area contributed by atoms with Gasteiger partial charge in [-0.1, -0.05) is 37.6 Å². The number of rotatable bonds is 8. The van der Waals surface area contributed by atoms with Crippen LogP contribution in [0, 0.1) is 11.8 Å². The number of pyridine rings is 1. The van der Waals surface area contributed by atoms with Gasteiger partial charge in [0.15, 0.2) is 0 Å². The predicted molar refractivity (Wildman–Crippen MR) is 114 cm³/mol. The van der Waals surface area contributed by atoms with E-state index in [1.807, 2.05) is 26.0 Å². The SMILES string of the molecule is CC(C)C(CC=C(Br)Br)C(=O)OCc1cccc(Oc2ccc(Cl)cc2)n1. The van der Waals surface area contributed by atoms with Crippen LogP contribution in [-0.4, -0.2) is 11.0 Å². The van der Waals surface area contributed by atoms with Gasteiger partial charge in [0.05, 0.1) is 15.0 Å². The quantitative estimate of drug-likeness (QED) is 0.359. The smallest absolute Gasteiger partial charge is 0.309 e. The largest absolute Gasteiger partial charge is 0.459 e. The minimum Gasteiger partial charge on any atom is -0.459 e. The molecule has 0 aliphatic rings. The van der Waals surface area contributed by atoms with E-state index in [0.29, 0.717) is 28.8 Å². The van der Waals surface area contributed by atoms with Crippen molar-refractivity contribution in [1.29, 1.82) is 0 Å². The number of esters is 1. The molecule has 0 bridgehead atoms. The Morgan fingerprint density at radius 2 is 1.89 bits per heavy atom. The van der Waals surface area contributed by atoms with E-state index < -0.39 is 0 Å². The molecule has 7 heteroatoms. The molecule has 1 aromatic heterocycles. The van der Waals surface area contributed by atoms with Crippen LogP contribution < -0.4 is 4.74 Å². The van der Waals surface area contributed by atoms with Gasteiger partial charge in [0, 0.05) is 11.1 Å². The Morgan fingerprint density at radius 3 is 2.52 bits per heavy atom. The lowest BCUT2D eigenvalue weighted by Crippen LogP contribution is -2.22. The van der Waals surface area contributed by atoms with E-state index in [2.05, 4.69) is 36.8 Å². The summed E-state index contributed by atoms with van der Waals surface area (Å²) < 4.78 is 12.0. The van der Waals surface area contributed by atoms with Crippen LogP contribution in [0.15, 0.2) is 51.9 Å². The number of halogens is 3. The summed E-state index contributed by atoms with van der Waals surface area (Å²) in [6.45, 7) is 4.10. The first-order chi connectivity index (χ1) is 12.8. The maximum absolute atomic E-state index is 12.4. The molecule has 0 radical (unpaired) electrons. The number of ether oxygens (including phenoxy) is 2. The molecule has 2 rings (SSSR count). The third kappa shape index (κ3) is 7.64. The van der Waals surface area contributed by atoms with Gasteiger partial charge < -0.3 is 9.47 Å². The highest BCUT2D eigenvalue weighted by Gasteiger charge is 2.23. The van der Waals surface area contributed by atoms with Crippen molar-refractivity contribution in [3.63, 3.8) is 0 Å². The molecule has 4 nitrogen and oxygen atoms in total. The van der Waals surface area contributed by atoms with Gasteiger partial charge in [0.2, 0.25) is 5.88 Å². The van der Waals surface area contributed by atoms with Gasteiger partial charge in [0.1, 0.15) is 12.4 Å². The zero-order valence-corrected chi connectivity index (χ0v) is 18.9. The Morgan fingerprint density at radius 1 is 1.19 bits per heavy atom. The minimum atomic E-state index is -0.242. The molecular formula is C20H20Br2ClNO3. The van der Waals surface area contributed by atoms with E-state index >= 15 is 0 Å². The van der Waals surface area contributed by atoms with Crippen LogP contribution in [-0.2, 0) is 16.1 Å². The molecule has 0 saturated heterocycles. The topological polar surface area (TPSA) is 48.4 Å². The van der Waals surface area contributed by atoms with Gasteiger partial charge in [0.25, 0.3) is 0 Å². The van der Waals surface area contributed by atoms with E-state index in [4.69, 9.17) is 21.1 Å². The predicted octanol–water partition coefficient (Wildman–Crippen LogP) is 6.86. The molecule has 1 atom stereocenters. The van der Waals surface area contributed by atoms with Crippen molar-refractivity contribution in [2.24, 2.45) is 11.8 Å². The number of carbonyl (C=O) groups is 1. The second-order valence-corrected chi connectivity index (χ2v) is 9.42. The second-order valence-electron chi connectivity index (χ2n) is 6.21. The second kappa shape index (κ2) is 10.8. The monoisotopic (exact) mass is 515 g/mol. The maximum Gasteiger partial charge on any atom is 0.309 e. The number of benzene rings is 1. The van der Waals surface area contributed by atoms with Crippen LogP contribution >= 0.6 is 43.5 Å². The summed E-state index contributed by atoms with van der Waals surface area (Å²) >= 11 is 12.5. The molecule has 0 N–H and O–H groups in total. The van der Waals surface area contributed by atoms with Gasteiger partial charge in [-0.15, -0.1) is 0 Å². The van der Waals surface area contributed by atoms with E-state index in [0.717, 1.165) is 3.39 Å². The van der Waals surface area contributed by atoms with Crippen molar-refractivity contribution in [1.82, 2.24) is 4.98 Å². The van der Waals surface area contributed by atoms with Gasteiger partial charge in [-0.05, 0) is 74.5 Å². The van der Waals surface area contributed by atoms with Gasteiger partial charge in [-0.25, -0.2) is 4.98 Å². The fourth-order valence-corrected chi connectivity index (χ4v) is 2.83. The van der Waals surface area contributed by atoms with E-state index in [1.54, 1.807) is 36.4 Å². The zero-order chi connectivity index (χ0) is 19.8. The van der Waals surface area contributed by atoms with Crippen LogP contribution in [0.5, 0.6) is 11.6 Å². The molecule has 0 aliphatic heterocycles. The summed E-state index contributed by atoms with van der Waals surface area (Å²) in [5, 5.41) is 0.637. The molecule has 0 saturated carbocycles. The summed E-state index contributed by atoms with van der Waals surface area (Å²) in [5.74, 6) is 0.767. The number of nitrogens with zero attached hydrogens (tertiary/aromatic N) is 1. The first kappa shape index (κ1) is 21.9. The molecule has 0 aliphatic carbocycles. The summed E-state index contributed by atoms with van der Waals surface area (Å²) in [5.41, 5.74) is 0.620. The molecule has 1 aromatic carbocycles. The number of hydrogen-bond acceptors (Lipinski definition) is 4. The lowest BCUT2D eigenvalue weighted by molar-refractivity contribution is -0.151. The van der Waals surface area contributed by atoms with E-state index in [9.17, 15) is 4.79 Å². The highest BCUT2D eigenvalue weighted by atomic mass is 79.9. The lowest BCUT2D eigenvalue weighted by Gasteiger charge is -2.18. The highest BCUT2D eigenvalue weighted by molar-refractivity contribution is 9.28. The number of carbonyl (C=O) groups excluding carboxylic acids is 1. The number of aromatic nitrogens is 1. The Balaban J connectivity index is 1.97. The Bertz CT molecular complexity index is 790. The first-order valence-electron chi connectivity index (χ1n) is 8.42. The maximum atomic E-state index is 12.4. The number of hydrogen-bond donors (Lipinski definition) is 0. The van der Waals surface area contributed by atoms with Gasteiger partial charge >= 0.3 is 5.97 Å². The molecule has 1 heterocycles. The van der Waals surface area contributed by atoms with Crippen molar-refractivity contribution in [3.8, 4) is 11.6 Å². The summed E-state index contributed by atoms with van der Waals surface area (Å²) in [4.78, 5) is 16.8. The molecule has 1 unspecified atom stereocenters. The Labute approximate surface area is 181 Å². The molecule has 27 heavy (non-hydrogen) atoms. The van der Waals surface area contributed by atoms with Crippen LogP contribution in [0.4, 0.5) is 0 Å².